The number of fused-ring (bicyclic) bond motifs is 3. The first-order valence-corrected chi connectivity index (χ1v) is 8.95. The molecule has 1 aliphatic rings. The van der Waals surface area contributed by atoms with Gasteiger partial charge in [-0.05, 0) is 11.6 Å². The highest BCUT2D eigenvalue weighted by Gasteiger charge is 2.27. The predicted octanol–water partition coefficient (Wildman–Crippen LogP) is 1.66. The molecule has 1 aliphatic heterocycles. The van der Waals surface area contributed by atoms with Gasteiger partial charge in [-0.3, -0.25) is 4.98 Å². The van der Waals surface area contributed by atoms with Crippen LogP contribution in [0.4, 0.5) is 0 Å². The quantitative estimate of drug-likeness (QED) is 0.782. The highest BCUT2D eigenvalue weighted by atomic mass is 32.2. The number of aromatic nitrogens is 3. The average molecular weight is 339 g/mol. The maximum absolute atomic E-state index is 12.1. The lowest BCUT2D eigenvalue weighted by atomic mass is 10.0. The summed E-state index contributed by atoms with van der Waals surface area (Å²) in [6, 6.07) is 3.66. The molecule has 4 rings (SSSR count). The van der Waals surface area contributed by atoms with Crippen molar-refractivity contribution >= 4 is 37.4 Å². The Labute approximate surface area is 138 Å². The lowest BCUT2D eigenvalue weighted by molar-refractivity contribution is 0.493. The fraction of sp³-hybridized carbons (Fsp3) is 0.188. The van der Waals surface area contributed by atoms with E-state index in [1.54, 1.807) is 24.7 Å². The zero-order valence-electron chi connectivity index (χ0n) is 12.6. The minimum absolute atomic E-state index is 0.249. The number of H-pyrrole nitrogens is 1. The number of hydrogen-bond donors (Lipinski definition) is 1. The highest BCUT2D eigenvalue weighted by molar-refractivity contribution is 7.89. The van der Waals surface area contributed by atoms with E-state index in [0.29, 0.717) is 0 Å². The molecule has 7 nitrogen and oxygen atoms in total. The van der Waals surface area contributed by atoms with E-state index in [9.17, 15) is 8.42 Å². The molecule has 0 atom stereocenters. The molecule has 24 heavy (non-hydrogen) atoms. The van der Waals surface area contributed by atoms with E-state index in [1.807, 2.05) is 18.3 Å². The maximum Gasteiger partial charge on any atom is 0.228 e. The summed E-state index contributed by atoms with van der Waals surface area (Å²) in [5.41, 5.74) is 2.57. The fourth-order valence-corrected chi connectivity index (χ4v) is 4.02. The fourth-order valence-electron chi connectivity index (χ4n) is 3.03. The summed E-state index contributed by atoms with van der Waals surface area (Å²) in [6.45, 7) is 0.524. The molecule has 0 saturated heterocycles. The molecule has 0 saturated carbocycles. The predicted molar refractivity (Wildman–Crippen MR) is 90.3 cm³/mol. The van der Waals surface area contributed by atoms with Crippen LogP contribution in [0, 0.1) is 11.3 Å². The molecule has 0 amide bonds. The van der Waals surface area contributed by atoms with Gasteiger partial charge in [-0.2, -0.15) is 9.57 Å². The normalized spacial score (nSPS) is 15.7. The van der Waals surface area contributed by atoms with Gasteiger partial charge in [-0.15, -0.1) is 0 Å². The minimum Gasteiger partial charge on any atom is -0.346 e. The average Bonchev–Trinajstić information content (AvgIpc) is 3.23. The molecular formula is C16H13N5O2S. The molecule has 0 aromatic carbocycles. The molecule has 0 radical (unpaired) electrons. The SMILES string of the molecule is N#CCS(=O)(=O)N1CC=C(c2cncc3cnc4[nH]ccc4c23)C1. The van der Waals surface area contributed by atoms with E-state index in [0.717, 1.165) is 32.9 Å². The van der Waals surface area contributed by atoms with Crippen LogP contribution < -0.4 is 0 Å². The molecule has 0 spiro atoms. The number of nitriles is 1. The lowest BCUT2D eigenvalue weighted by Crippen LogP contribution is -2.30. The van der Waals surface area contributed by atoms with Crippen molar-refractivity contribution in [3.8, 4) is 6.07 Å². The molecule has 8 heteroatoms. The zero-order valence-corrected chi connectivity index (χ0v) is 13.4. The van der Waals surface area contributed by atoms with Gasteiger partial charge in [0.05, 0.1) is 6.07 Å². The van der Waals surface area contributed by atoms with Gasteiger partial charge in [0, 0.05) is 59.6 Å². The van der Waals surface area contributed by atoms with Crippen LogP contribution >= 0.6 is 0 Å². The van der Waals surface area contributed by atoms with Gasteiger partial charge < -0.3 is 4.98 Å². The number of nitrogens with zero attached hydrogens (tertiary/aromatic N) is 4. The van der Waals surface area contributed by atoms with Gasteiger partial charge >= 0.3 is 0 Å². The van der Waals surface area contributed by atoms with Crippen molar-refractivity contribution in [3.63, 3.8) is 0 Å². The first-order chi connectivity index (χ1) is 11.6. The number of hydrogen-bond acceptors (Lipinski definition) is 5. The Morgan fingerprint density at radius 3 is 3.04 bits per heavy atom. The summed E-state index contributed by atoms with van der Waals surface area (Å²) >= 11 is 0. The minimum atomic E-state index is -3.55. The highest BCUT2D eigenvalue weighted by Crippen LogP contribution is 2.32. The Hall–Kier alpha value is -2.76. The number of pyridine rings is 2. The van der Waals surface area contributed by atoms with Crippen LogP contribution in [-0.4, -0.2) is 46.5 Å². The van der Waals surface area contributed by atoms with Crippen molar-refractivity contribution in [3.05, 3.63) is 42.5 Å². The Morgan fingerprint density at radius 2 is 2.21 bits per heavy atom. The molecule has 4 heterocycles. The first-order valence-electron chi connectivity index (χ1n) is 7.34. The van der Waals surface area contributed by atoms with Crippen LogP contribution in [0.5, 0.6) is 0 Å². The Balaban J connectivity index is 1.81. The summed E-state index contributed by atoms with van der Waals surface area (Å²) in [4.78, 5) is 11.7. The Morgan fingerprint density at radius 1 is 1.33 bits per heavy atom. The van der Waals surface area contributed by atoms with E-state index in [-0.39, 0.29) is 13.1 Å². The van der Waals surface area contributed by atoms with E-state index in [1.165, 1.54) is 4.31 Å². The first kappa shape index (κ1) is 14.8. The van der Waals surface area contributed by atoms with Crippen LogP contribution in [0.3, 0.4) is 0 Å². The number of sulfonamides is 1. The summed E-state index contributed by atoms with van der Waals surface area (Å²) in [5, 5.41) is 11.6. The largest absolute Gasteiger partial charge is 0.346 e. The third-order valence-corrected chi connectivity index (χ3v) is 5.74. The molecule has 1 N–H and O–H groups in total. The standard InChI is InChI=1S/C16H13N5O2S/c17-3-6-24(22,23)21-5-2-11(10-21)14-9-18-7-12-8-20-16-13(15(12)14)1-4-19-16/h1-2,4,7-9H,5-6,10H2,(H,19,20). The molecule has 0 aliphatic carbocycles. The summed E-state index contributed by atoms with van der Waals surface area (Å²) < 4.78 is 25.5. The van der Waals surface area contributed by atoms with Crippen molar-refractivity contribution in [2.24, 2.45) is 0 Å². The Kier molecular flexibility index (Phi) is 3.33. The van der Waals surface area contributed by atoms with E-state index < -0.39 is 15.8 Å². The third-order valence-electron chi connectivity index (χ3n) is 4.18. The van der Waals surface area contributed by atoms with Crippen molar-refractivity contribution in [2.45, 2.75) is 0 Å². The number of rotatable bonds is 3. The smallest absolute Gasteiger partial charge is 0.228 e. The van der Waals surface area contributed by atoms with Crippen molar-refractivity contribution in [1.29, 1.82) is 5.26 Å². The third kappa shape index (κ3) is 2.26. The maximum atomic E-state index is 12.1. The van der Waals surface area contributed by atoms with Crippen LogP contribution in [0.15, 0.2) is 36.9 Å². The molecule has 120 valence electrons. The topological polar surface area (TPSA) is 103 Å². The number of aromatic amines is 1. The number of nitrogens with one attached hydrogen (secondary N) is 1. The van der Waals surface area contributed by atoms with Gasteiger partial charge in [-0.25, -0.2) is 13.4 Å². The van der Waals surface area contributed by atoms with Crippen LogP contribution in [0.1, 0.15) is 5.56 Å². The van der Waals surface area contributed by atoms with Crippen LogP contribution in [0.25, 0.3) is 27.4 Å². The van der Waals surface area contributed by atoms with Crippen molar-refractivity contribution < 1.29 is 8.42 Å². The van der Waals surface area contributed by atoms with E-state index in [4.69, 9.17) is 5.26 Å². The van der Waals surface area contributed by atoms with E-state index in [2.05, 4.69) is 15.0 Å². The Bertz CT molecular complexity index is 1120. The van der Waals surface area contributed by atoms with E-state index >= 15 is 0 Å². The summed E-state index contributed by atoms with van der Waals surface area (Å²) in [6.07, 6.45) is 8.96. The van der Waals surface area contributed by atoms with Crippen molar-refractivity contribution in [1.82, 2.24) is 19.3 Å². The van der Waals surface area contributed by atoms with Gasteiger partial charge in [0.2, 0.25) is 10.0 Å². The van der Waals surface area contributed by atoms with Gasteiger partial charge in [0.1, 0.15) is 5.65 Å². The molecule has 3 aromatic rings. The van der Waals surface area contributed by atoms with Gasteiger partial charge in [-0.1, -0.05) is 6.08 Å². The molecule has 0 unspecified atom stereocenters. The molecule has 0 bridgehead atoms. The molecule has 0 fully saturated rings. The summed E-state index contributed by atoms with van der Waals surface area (Å²) in [5.74, 6) is -0.506. The zero-order chi connectivity index (χ0) is 16.7. The second-order valence-corrected chi connectivity index (χ2v) is 7.55. The van der Waals surface area contributed by atoms with Gasteiger partial charge in [0.25, 0.3) is 0 Å². The van der Waals surface area contributed by atoms with Gasteiger partial charge in [0.15, 0.2) is 5.75 Å². The second-order valence-electron chi connectivity index (χ2n) is 5.59. The second kappa shape index (κ2) is 5.40. The van der Waals surface area contributed by atoms with Crippen LogP contribution in [-0.2, 0) is 10.0 Å². The van der Waals surface area contributed by atoms with Crippen molar-refractivity contribution in [2.75, 3.05) is 18.8 Å². The molecule has 3 aromatic heterocycles. The lowest BCUT2D eigenvalue weighted by Gasteiger charge is -2.15. The monoisotopic (exact) mass is 339 g/mol. The molecular weight excluding hydrogens is 326 g/mol. The summed E-state index contributed by atoms with van der Waals surface area (Å²) in [7, 11) is -3.55. The van der Waals surface area contributed by atoms with Crippen LogP contribution in [0.2, 0.25) is 0 Å².